The lowest BCUT2D eigenvalue weighted by molar-refractivity contribution is 0.769. The first-order chi connectivity index (χ1) is 21.8. The largest absolute Gasteiger partial charge is 0.356 e. The molecule has 1 N–H and O–H groups in total. The number of rotatable bonds is 6. The molecule has 0 fully saturated rings. The van der Waals surface area contributed by atoms with Crippen molar-refractivity contribution in [2.24, 2.45) is 0 Å². The molecule has 208 valence electrons. The number of nitrogens with one attached hydrogen (secondary N) is 1. The van der Waals surface area contributed by atoms with Crippen LogP contribution in [-0.4, -0.2) is 0 Å². The van der Waals surface area contributed by atoms with Crippen molar-refractivity contribution < 1.29 is 0 Å². The van der Waals surface area contributed by atoms with E-state index in [1.807, 2.05) is 6.07 Å². The van der Waals surface area contributed by atoms with Gasteiger partial charge in [0.2, 0.25) is 0 Å². The van der Waals surface area contributed by atoms with Crippen LogP contribution in [0.2, 0.25) is 0 Å². The van der Waals surface area contributed by atoms with Crippen LogP contribution in [0.4, 0.5) is 11.4 Å². The van der Waals surface area contributed by atoms with Gasteiger partial charge in [-0.25, -0.2) is 0 Å². The highest BCUT2D eigenvalue weighted by molar-refractivity contribution is 5.86. The van der Waals surface area contributed by atoms with Crippen LogP contribution >= 0.6 is 0 Å². The fourth-order valence-electron chi connectivity index (χ4n) is 6.93. The minimum Gasteiger partial charge on any atom is -0.356 e. The maximum Gasteiger partial charge on any atom is 0.0713 e. The Labute approximate surface area is 259 Å². The average molecular weight is 562 g/mol. The Hall–Kier alpha value is -5.66. The summed E-state index contributed by atoms with van der Waals surface area (Å²) in [6.07, 6.45) is 0. The molecule has 1 aliphatic rings. The number of hydrogen-bond acceptors (Lipinski definition) is 1. The van der Waals surface area contributed by atoms with E-state index in [0.717, 1.165) is 11.4 Å². The molecule has 1 heteroatoms. The molecule has 7 aromatic rings. The van der Waals surface area contributed by atoms with Crippen LogP contribution in [0, 0.1) is 0 Å². The van der Waals surface area contributed by atoms with Gasteiger partial charge in [-0.2, -0.15) is 0 Å². The Morgan fingerprint density at radius 3 is 1.34 bits per heavy atom. The van der Waals surface area contributed by atoms with Crippen LogP contribution < -0.4 is 5.32 Å². The van der Waals surface area contributed by atoms with Crippen LogP contribution in [0.3, 0.4) is 0 Å². The molecule has 0 saturated heterocycles. The van der Waals surface area contributed by atoms with Crippen molar-refractivity contribution in [2.75, 3.05) is 5.32 Å². The van der Waals surface area contributed by atoms with E-state index in [1.54, 1.807) is 0 Å². The van der Waals surface area contributed by atoms with Gasteiger partial charge in [0.1, 0.15) is 0 Å². The summed E-state index contributed by atoms with van der Waals surface area (Å²) >= 11 is 0. The lowest BCUT2D eigenvalue weighted by Crippen LogP contribution is -2.28. The second kappa shape index (κ2) is 10.9. The summed E-state index contributed by atoms with van der Waals surface area (Å²) in [5, 5.41) is 3.57. The topological polar surface area (TPSA) is 12.0 Å². The summed E-state index contributed by atoms with van der Waals surface area (Å²) in [7, 11) is 0. The van der Waals surface area contributed by atoms with Crippen LogP contribution in [-0.2, 0) is 5.41 Å². The molecule has 0 spiro atoms. The standard InChI is InChI=1S/C43H31N/c1-3-12-31(13-4-1)32-22-26-37(27-23-32)44-38-28-24-33(25-29-38)34-14-11-17-36(30-34)43(35-15-5-2-6-16-35)41-20-9-7-18-39(41)40-19-8-10-21-42(40)43/h1-30,44H. The first-order valence-electron chi connectivity index (χ1n) is 15.2. The maximum atomic E-state index is 3.57. The molecule has 0 heterocycles. The summed E-state index contributed by atoms with van der Waals surface area (Å²) in [6, 6.07) is 65.7. The SMILES string of the molecule is c1ccc(-c2ccc(Nc3ccc(-c4cccc(C5(c6ccccc6)c6ccccc6-c6ccccc65)c4)cc3)cc2)cc1. The minimum atomic E-state index is -0.391. The van der Waals surface area contributed by atoms with Crippen LogP contribution in [0.5, 0.6) is 0 Å². The van der Waals surface area contributed by atoms with E-state index in [4.69, 9.17) is 0 Å². The summed E-state index contributed by atoms with van der Waals surface area (Å²) in [5.41, 5.74) is 14.4. The molecule has 8 rings (SSSR count). The van der Waals surface area contributed by atoms with Crippen molar-refractivity contribution in [3.8, 4) is 33.4 Å². The van der Waals surface area contributed by atoms with E-state index in [-0.39, 0.29) is 0 Å². The Kier molecular flexibility index (Phi) is 6.43. The molecular formula is C43H31N. The van der Waals surface area contributed by atoms with E-state index in [1.165, 1.54) is 55.6 Å². The predicted octanol–water partition coefficient (Wildman–Crippen LogP) is 11.1. The Bertz CT molecular complexity index is 2010. The smallest absolute Gasteiger partial charge is 0.0713 e. The van der Waals surface area contributed by atoms with Gasteiger partial charge < -0.3 is 5.32 Å². The number of benzene rings is 7. The zero-order valence-electron chi connectivity index (χ0n) is 24.3. The van der Waals surface area contributed by atoms with Crippen LogP contribution in [0.1, 0.15) is 22.3 Å². The molecule has 0 atom stereocenters. The van der Waals surface area contributed by atoms with Gasteiger partial charge in [0.05, 0.1) is 5.41 Å². The van der Waals surface area contributed by atoms with Gasteiger partial charge in [0, 0.05) is 11.4 Å². The molecule has 0 aliphatic heterocycles. The Morgan fingerprint density at radius 2 is 0.750 bits per heavy atom. The van der Waals surface area contributed by atoms with Gasteiger partial charge in [-0.3, -0.25) is 0 Å². The summed E-state index contributed by atoms with van der Waals surface area (Å²) in [5.74, 6) is 0. The lowest BCUT2D eigenvalue weighted by Gasteiger charge is -2.34. The van der Waals surface area contributed by atoms with Crippen molar-refractivity contribution >= 4 is 11.4 Å². The second-order valence-corrected chi connectivity index (χ2v) is 11.4. The summed E-state index contributed by atoms with van der Waals surface area (Å²) < 4.78 is 0. The monoisotopic (exact) mass is 561 g/mol. The zero-order valence-corrected chi connectivity index (χ0v) is 24.3. The fraction of sp³-hybridized carbons (Fsp3) is 0.0233. The summed E-state index contributed by atoms with van der Waals surface area (Å²) in [4.78, 5) is 0. The van der Waals surface area contributed by atoms with E-state index in [2.05, 4.69) is 181 Å². The van der Waals surface area contributed by atoms with E-state index < -0.39 is 5.41 Å². The third kappa shape index (κ3) is 4.33. The van der Waals surface area contributed by atoms with E-state index in [0.29, 0.717) is 0 Å². The third-order valence-corrected chi connectivity index (χ3v) is 8.95. The highest BCUT2D eigenvalue weighted by Gasteiger charge is 2.45. The van der Waals surface area contributed by atoms with Crippen LogP contribution in [0.25, 0.3) is 33.4 Å². The molecule has 44 heavy (non-hydrogen) atoms. The number of fused-ring (bicyclic) bond motifs is 3. The Balaban J connectivity index is 1.15. The highest BCUT2D eigenvalue weighted by Crippen LogP contribution is 2.56. The van der Waals surface area contributed by atoms with E-state index >= 15 is 0 Å². The molecular weight excluding hydrogens is 530 g/mol. The zero-order chi connectivity index (χ0) is 29.3. The lowest BCUT2D eigenvalue weighted by atomic mass is 9.67. The van der Waals surface area contributed by atoms with E-state index in [9.17, 15) is 0 Å². The number of anilines is 2. The predicted molar refractivity (Wildman–Crippen MR) is 184 cm³/mol. The van der Waals surface area contributed by atoms with Gasteiger partial charge in [0.25, 0.3) is 0 Å². The normalized spacial score (nSPS) is 12.7. The van der Waals surface area contributed by atoms with Gasteiger partial charge in [0.15, 0.2) is 0 Å². The van der Waals surface area contributed by atoms with Gasteiger partial charge in [-0.05, 0) is 86.0 Å². The van der Waals surface area contributed by atoms with Crippen molar-refractivity contribution in [3.05, 3.63) is 204 Å². The molecule has 1 nitrogen and oxygen atoms in total. The molecule has 0 amide bonds. The molecule has 0 radical (unpaired) electrons. The highest BCUT2D eigenvalue weighted by atomic mass is 14.9. The third-order valence-electron chi connectivity index (χ3n) is 8.95. The molecule has 7 aromatic carbocycles. The molecule has 0 unspecified atom stereocenters. The van der Waals surface area contributed by atoms with Crippen molar-refractivity contribution in [1.82, 2.24) is 0 Å². The van der Waals surface area contributed by atoms with Gasteiger partial charge in [-0.15, -0.1) is 0 Å². The molecule has 0 aromatic heterocycles. The first-order valence-corrected chi connectivity index (χ1v) is 15.2. The van der Waals surface area contributed by atoms with Crippen molar-refractivity contribution in [3.63, 3.8) is 0 Å². The molecule has 0 saturated carbocycles. The van der Waals surface area contributed by atoms with Crippen molar-refractivity contribution in [1.29, 1.82) is 0 Å². The minimum absolute atomic E-state index is 0.391. The van der Waals surface area contributed by atoms with Crippen LogP contribution in [0.15, 0.2) is 182 Å². The van der Waals surface area contributed by atoms with Crippen molar-refractivity contribution in [2.45, 2.75) is 5.41 Å². The van der Waals surface area contributed by atoms with Gasteiger partial charge >= 0.3 is 0 Å². The summed E-state index contributed by atoms with van der Waals surface area (Å²) in [6.45, 7) is 0. The first kappa shape index (κ1) is 26.0. The molecule has 1 aliphatic carbocycles. The molecule has 0 bridgehead atoms. The average Bonchev–Trinajstić information content (AvgIpc) is 3.41. The Morgan fingerprint density at radius 1 is 0.318 bits per heavy atom. The van der Waals surface area contributed by atoms with Gasteiger partial charge in [-0.1, -0.05) is 152 Å². The second-order valence-electron chi connectivity index (χ2n) is 11.4. The maximum absolute atomic E-state index is 3.57. The fourth-order valence-corrected chi connectivity index (χ4v) is 6.93. The number of hydrogen-bond donors (Lipinski definition) is 1. The quantitative estimate of drug-likeness (QED) is 0.213.